The average molecular weight is 818 g/mol. The first-order valence-electron chi connectivity index (χ1n) is 20.0. The van der Waals surface area contributed by atoms with Gasteiger partial charge in [0, 0.05) is 23.1 Å². The van der Waals surface area contributed by atoms with E-state index in [1.807, 2.05) is 37.3 Å². The molecule has 8 rings (SSSR count). The van der Waals surface area contributed by atoms with Crippen molar-refractivity contribution in [2.24, 2.45) is 5.92 Å². The van der Waals surface area contributed by atoms with Gasteiger partial charge in [-0.25, -0.2) is 22.6 Å². The zero-order chi connectivity index (χ0) is 41.1. The Balaban J connectivity index is 1.17. The number of nitrogens with one attached hydrogen (secondary N) is 3. The first kappa shape index (κ1) is 39.6. The predicted molar refractivity (Wildman–Crippen MR) is 213 cm³/mol. The van der Waals surface area contributed by atoms with Gasteiger partial charge in [-0.15, -0.1) is 0 Å². The molecule has 16 heteroatoms. The lowest BCUT2D eigenvalue weighted by molar-refractivity contribution is -0.141. The summed E-state index contributed by atoms with van der Waals surface area (Å²) < 4.78 is 61.5. The van der Waals surface area contributed by atoms with E-state index in [0.29, 0.717) is 47.7 Å². The van der Waals surface area contributed by atoms with Crippen LogP contribution in [0.2, 0.25) is 0 Å². The molecular weight excluding hydrogens is 770 g/mol. The quantitative estimate of drug-likeness (QED) is 0.200. The fraction of sp³-hybridized carbons (Fsp3) is 0.500. The van der Waals surface area contributed by atoms with E-state index in [9.17, 15) is 32.0 Å². The molecule has 0 bridgehead atoms. The van der Waals surface area contributed by atoms with Crippen LogP contribution in [-0.2, 0) is 29.1 Å². The number of allylic oxidation sites excluding steroid dienone is 1. The summed E-state index contributed by atoms with van der Waals surface area (Å²) in [4.78, 5) is 62.3. The van der Waals surface area contributed by atoms with E-state index < -0.39 is 80.2 Å². The number of rotatable bonds is 6. The van der Waals surface area contributed by atoms with E-state index >= 15 is 0 Å². The van der Waals surface area contributed by atoms with Gasteiger partial charge in [-0.3, -0.25) is 19.1 Å². The van der Waals surface area contributed by atoms with Crippen molar-refractivity contribution in [1.82, 2.24) is 25.2 Å². The van der Waals surface area contributed by atoms with Gasteiger partial charge in [0.25, 0.3) is 5.91 Å². The van der Waals surface area contributed by atoms with Gasteiger partial charge in [0.2, 0.25) is 21.8 Å². The van der Waals surface area contributed by atoms with Crippen LogP contribution in [0.5, 0.6) is 5.75 Å². The number of nitrogens with zero attached hydrogens (tertiary/aromatic N) is 2. The molecular formula is C42H48FN5O9S. The molecule has 1 saturated heterocycles. The number of hydrogen-bond acceptors (Lipinski definition) is 10. The van der Waals surface area contributed by atoms with Gasteiger partial charge in [-0.05, 0) is 96.0 Å². The van der Waals surface area contributed by atoms with Crippen LogP contribution < -0.4 is 20.1 Å². The van der Waals surface area contributed by atoms with Crippen molar-refractivity contribution in [3.63, 3.8) is 0 Å². The van der Waals surface area contributed by atoms with Crippen molar-refractivity contribution in [3.8, 4) is 5.75 Å². The third-order valence-electron chi connectivity index (χ3n) is 11.3. The lowest BCUT2D eigenvalue weighted by Crippen LogP contribution is -2.58. The molecule has 4 amide bonds. The number of benzene rings is 2. The standard InChI is InChI=1S/C42H48FN5O9S/c1-23-11-10-13-28-33-36(56-34(23)28)35(29-19-25(43)15-18-30(29)44-33)55-26-20-32-37(49)46-42(39(51)47-58(53,54)27-16-17-27)21-24(42)12-8-6-5-7-9-14-31(38(50)48(32)22-26)45-40(52)57-41(2,3)4/h8,10-13,15,18-19,24,26-27,31-32H,5-7,9,14,16-17,20-22H2,1-4H3,(H,45,52)(H,46,49)(H,47,51)/t24-,26-,31+,32+,42-/m1/s1. The highest BCUT2D eigenvalue weighted by Gasteiger charge is 2.62. The van der Waals surface area contributed by atoms with E-state index in [4.69, 9.17) is 18.9 Å². The summed E-state index contributed by atoms with van der Waals surface area (Å²) in [6.45, 7) is 6.91. The summed E-state index contributed by atoms with van der Waals surface area (Å²) in [5, 5.41) is 6.00. The van der Waals surface area contributed by atoms with Crippen molar-refractivity contribution >= 4 is 66.8 Å². The molecule has 2 aliphatic heterocycles. The number of amides is 4. The topological polar surface area (TPSA) is 186 Å². The fourth-order valence-corrected chi connectivity index (χ4v) is 9.49. The second-order valence-corrected chi connectivity index (χ2v) is 19.0. The van der Waals surface area contributed by atoms with E-state index in [-0.39, 0.29) is 37.1 Å². The molecule has 3 fully saturated rings. The number of halogens is 1. The van der Waals surface area contributed by atoms with Gasteiger partial charge in [0.05, 0.1) is 17.3 Å². The van der Waals surface area contributed by atoms with Crippen molar-refractivity contribution in [2.45, 2.75) is 120 Å². The van der Waals surface area contributed by atoms with Gasteiger partial charge in [-0.2, -0.15) is 0 Å². The van der Waals surface area contributed by atoms with Crippen LogP contribution in [0, 0.1) is 18.7 Å². The Morgan fingerprint density at radius 2 is 1.84 bits per heavy atom. The third kappa shape index (κ3) is 7.82. The summed E-state index contributed by atoms with van der Waals surface area (Å²) >= 11 is 0. The Hall–Kier alpha value is -5.25. The number of carbonyl (C=O) groups is 4. The maximum absolute atomic E-state index is 14.9. The average Bonchev–Trinajstić information content (AvgIpc) is 4.05. The van der Waals surface area contributed by atoms with Gasteiger partial charge < -0.3 is 29.4 Å². The fourth-order valence-electron chi connectivity index (χ4n) is 8.12. The number of para-hydroxylation sites is 1. The number of carbonyl (C=O) groups excluding carboxylic acids is 4. The molecule has 4 aromatic rings. The molecule has 4 heterocycles. The molecule has 2 saturated carbocycles. The molecule has 2 aliphatic carbocycles. The highest BCUT2D eigenvalue weighted by atomic mass is 32.2. The highest BCUT2D eigenvalue weighted by molar-refractivity contribution is 7.91. The molecule has 308 valence electrons. The van der Waals surface area contributed by atoms with Crippen LogP contribution in [0.4, 0.5) is 9.18 Å². The molecule has 14 nitrogen and oxygen atoms in total. The van der Waals surface area contributed by atoms with Crippen LogP contribution in [0.15, 0.2) is 53.0 Å². The molecule has 0 unspecified atom stereocenters. The maximum atomic E-state index is 14.9. The zero-order valence-electron chi connectivity index (χ0n) is 32.9. The maximum Gasteiger partial charge on any atom is 0.408 e. The van der Waals surface area contributed by atoms with Gasteiger partial charge in [0.15, 0.2) is 11.3 Å². The smallest absolute Gasteiger partial charge is 0.408 e. The summed E-state index contributed by atoms with van der Waals surface area (Å²) in [5.41, 5.74) is 0.239. The minimum absolute atomic E-state index is 0.0603. The Bertz CT molecular complexity index is 2480. The first-order valence-corrected chi connectivity index (χ1v) is 21.5. The van der Waals surface area contributed by atoms with Crippen molar-refractivity contribution < 1.29 is 45.9 Å². The summed E-state index contributed by atoms with van der Waals surface area (Å²) in [5.74, 6) is -2.88. The number of pyridine rings is 1. The zero-order valence-corrected chi connectivity index (χ0v) is 33.7. The number of sulfonamides is 1. The number of ether oxygens (including phenoxy) is 2. The molecule has 5 atom stereocenters. The number of hydrogen-bond donors (Lipinski definition) is 3. The van der Waals surface area contributed by atoms with Crippen LogP contribution in [0.1, 0.15) is 84.1 Å². The lowest BCUT2D eigenvalue weighted by Gasteiger charge is -2.30. The third-order valence-corrected chi connectivity index (χ3v) is 13.2. The minimum atomic E-state index is -3.94. The minimum Gasteiger partial charge on any atom is -0.484 e. The van der Waals surface area contributed by atoms with Crippen LogP contribution in [-0.4, -0.2) is 83.2 Å². The van der Waals surface area contributed by atoms with Crippen LogP contribution >= 0.6 is 0 Å². The summed E-state index contributed by atoms with van der Waals surface area (Å²) in [6.07, 6.45) is 6.12. The van der Waals surface area contributed by atoms with Crippen molar-refractivity contribution in [1.29, 1.82) is 0 Å². The van der Waals surface area contributed by atoms with Gasteiger partial charge in [-0.1, -0.05) is 37.1 Å². The molecule has 3 N–H and O–H groups in total. The number of alkyl carbamates (subject to hydrolysis) is 1. The predicted octanol–water partition coefficient (Wildman–Crippen LogP) is 5.83. The Kier molecular flexibility index (Phi) is 10.1. The second kappa shape index (κ2) is 14.8. The van der Waals surface area contributed by atoms with E-state index in [2.05, 4.69) is 15.4 Å². The van der Waals surface area contributed by atoms with E-state index in [0.717, 1.165) is 23.8 Å². The number of aromatic nitrogens is 1. The Morgan fingerprint density at radius 3 is 2.60 bits per heavy atom. The summed E-state index contributed by atoms with van der Waals surface area (Å²) in [7, 11) is -3.94. The molecule has 0 spiro atoms. The van der Waals surface area contributed by atoms with Crippen molar-refractivity contribution in [2.75, 3.05) is 6.54 Å². The Labute approximate surface area is 335 Å². The lowest BCUT2D eigenvalue weighted by atomic mass is 10.0. The molecule has 2 aromatic heterocycles. The first-order chi connectivity index (χ1) is 27.5. The summed E-state index contributed by atoms with van der Waals surface area (Å²) in [6, 6.07) is 7.51. The number of fused-ring (bicyclic) bond motifs is 6. The van der Waals surface area contributed by atoms with Crippen LogP contribution in [0.3, 0.4) is 0 Å². The van der Waals surface area contributed by atoms with Gasteiger partial charge >= 0.3 is 6.09 Å². The van der Waals surface area contributed by atoms with Gasteiger partial charge in [0.1, 0.15) is 46.2 Å². The van der Waals surface area contributed by atoms with E-state index in [1.54, 1.807) is 26.8 Å². The van der Waals surface area contributed by atoms with Crippen molar-refractivity contribution in [3.05, 3.63) is 59.9 Å². The van der Waals surface area contributed by atoms with E-state index in [1.165, 1.54) is 17.0 Å². The molecule has 58 heavy (non-hydrogen) atoms. The molecule has 4 aliphatic rings. The molecule has 2 aromatic carbocycles. The number of furan rings is 1. The SMILES string of the molecule is Cc1cccc2c1oc1c(O[C@@H]3C[C@H]4C(=O)N[C@]5(C(=O)NS(=O)(=O)C6CC6)C[C@H]5C=CCCCCC[C@H](NC(=O)OC(C)(C)C)C(=O)N4C3)c3cc(F)ccc3nc12. The highest BCUT2D eigenvalue weighted by Crippen LogP contribution is 2.46. The largest absolute Gasteiger partial charge is 0.484 e. The normalized spacial score (nSPS) is 25.7. The Morgan fingerprint density at radius 1 is 1.05 bits per heavy atom. The second-order valence-electron chi connectivity index (χ2n) is 17.0. The number of aryl methyl sites for hydroxylation is 1. The van der Waals surface area contributed by atoms with Crippen LogP contribution in [0.25, 0.3) is 33.0 Å². The molecule has 0 radical (unpaired) electrons. The monoisotopic (exact) mass is 817 g/mol.